The molecule has 13 heavy (non-hydrogen) atoms. The highest BCUT2D eigenvalue weighted by molar-refractivity contribution is 5.06. The fourth-order valence-corrected chi connectivity index (χ4v) is 2.18. The molecule has 0 unspecified atom stereocenters. The summed E-state index contributed by atoms with van der Waals surface area (Å²) in [4.78, 5) is 2.53. The van der Waals surface area contributed by atoms with Gasteiger partial charge in [-0.05, 0) is 44.5 Å². The molecule has 2 heteroatoms. The van der Waals surface area contributed by atoms with E-state index in [1.54, 1.807) is 6.26 Å². The van der Waals surface area contributed by atoms with Crippen LogP contribution in [0.2, 0.25) is 0 Å². The van der Waals surface area contributed by atoms with Gasteiger partial charge in [0.05, 0.1) is 12.3 Å². The standard InChI is InChI=1S/C11H17NO/c1-2-7-12-8-3-5-10(12)11-6-4-9-13-11/h4,6,9-10H,2-3,5,7-8H2,1H3/t10-/m1/s1. The lowest BCUT2D eigenvalue weighted by atomic mass is 10.1. The molecule has 0 amide bonds. The lowest BCUT2D eigenvalue weighted by molar-refractivity contribution is 0.229. The first kappa shape index (κ1) is 8.82. The highest BCUT2D eigenvalue weighted by Crippen LogP contribution is 2.31. The van der Waals surface area contributed by atoms with E-state index < -0.39 is 0 Å². The van der Waals surface area contributed by atoms with E-state index in [1.165, 1.54) is 32.4 Å². The quantitative estimate of drug-likeness (QED) is 0.709. The van der Waals surface area contributed by atoms with Crippen LogP contribution in [0.5, 0.6) is 0 Å². The van der Waals surface area contributed by atoms with Crippen molar-refractivity contribution in [3.63, 3.8) is 0 Å². The van der Waals surface area contributed by atoms with Crippen LogP contribution in [-0.4, -0.2) is 18.0 Å². The van der Waals surface area contributed by atoms with Crippen molar-refractivity contribution in [2.24, 2.45) is 0 Å². The molecule has 1 aliphatic heterocycles. The van der Waals surface area contributed by atoms with Crippen LogP contribution in [0.25, 0.3) is 0 Å². The second kappa shape index (κ2) is 3.97. The minimum Gasteiger partial charge on any atom is -0.468 e. The van der Waals surface area contributed by atoms with Gasteiger partial charge in [0.1, 0.15) is 5.76 Å². The SMILES string of the molecule is CCCN1CCC[C@@H]1c1ccco1. The zero-order valence-electron chi connectivity index (χ0n) is 8.20. The largest absolute Gasteiger partial charge is 0.468 e. The number of hydrogen-bond acceptors (Lipinski definition) is 2. The lowest BCUT2D eigenvalue weighted by Gasteiger charge is -2.21. The van der Waals surface area contributed by atoms with Gasteiger partial charge in [0.15, 0.2) is 0 Å². The Hall–Kier alpha value is -0.760. The molecule has 1 saturated heterocycles. The Labute approximate surface area is 79.5 Å². The topological polar surface area (TPSA) is 16.4 Å². The number of hydrogen-bond donors (Lipinski definition) is 0. The molecule has 1 aromatic rings. The van der Waals surface area contributed by atoms with Gasteiger partial charge in [-0.25, -0.2) is 0 Å². The summed E-state index contributed by atoms with van der Waals surface area (Å²) >= 11 is 0. The maximum atomic E-state index is 5.45. The Morgan fingerprint density at radius 3 is 3.23 bits per heavy atom. The van der Waals surface area contributed by atoms with Crippen molar-refractivity contribution < 1.29 is 4.42 Å². The summed E-state index contributed by atoms with van der Waals surface area (Å²) in [5, 5.41) is 0. The fourth-order valence-electron chi connectivity index (χ4n) is 2.18. The van der Waals surface area contributed by atoms with Crippen LogP contribution < -0.4 is 0 Å². The fraction of sp³-hybridized carbons (Fsp3) is 0.636. The van der Waals surface area contributed by atoms with Crippen molar-refractivity contribution in [1.29, 1.82) is 0 Å². The van der Waals surface area contributed by atoms with Crippen molar-refractivity contribution >= 4 is 0 Å². The molecule has 0 saturated carbocycles. The zero-order chi connectivity index (χ0) is 9.10. The second-order valence-electron chi connectivity index (χ2n) is 3.71. The van der Waals surface area contributed by atoms with E-state index in [0.29, 0.717) is 6.04 Å². The van der Waals surface area contributed by atoms with Gasteiger partial charge < -0.3 is 4.42 Å². The maximum Gasteiger partial charge on any atom is 0.120 e. The molecular weight excluding hydrogens is 162 g/mol. The van der Waals surface area contributed by atoms with Crippen molar-refractivity contribution in [1.82, 2.24) is 4.90 Å². The van der Waals surface area contributed by atoms with Crippen LogP contribution in [-0.2, 0) is 0 Å². The molecule has 0 bridgehead atoms. The summed E-state index contributed by atoms with van der Waals surface area (Å²) < 4.78 is 5.45. The van der Waals surface area contributed by atoms with Crippen molar-refractivity contribution in [2.75, 3.05) is 13.1 Å². The minimum absolute atomic E-state index is 0.551. The number of nitrogens with zero attached hydrogens (tertiary/aromatic N) is 1. The normalized spacial score (nSPS) is 23.9. The first-order valence-corrected chi connectivity index (χ1v) is 5.19. The molecule has 0 aromatic carbocycles. The first-order chi connectivity index (χ1) is 6.42. The predicted octanol–water partition coefficient (Wildman–Crippen LogP) is 2.83. The predicted molar refractivity (Wildman–Crippen MR) is 52.5 cm³/mol. The summed E-state index contributed by atoms with van der Waals surface area (Å²) in [5.41, 5.74) is 0. The molecule has 0 N–H and O–H groups in total. The second-order valence-corrected chi connectivity index (χ2v) is 3.71. The highest BCUT2D eigenvalue weighted by Gasteiger charge is 2.26. The lowest BCUT2D eigenvalue weighted by Crippen LogP contribution is -2.23. The van der Waals surface area contributed by atoms with E-state index in [9.17, 15) is 0 Å². The Morgan fingerprint density at radius 1 is 1.62 bits per heavy atom. The van der Waals surface area contributed by atoms with E-state index in [1.807, 2.05) is 6.07 Å². The molecule has 0 spiro atoms. The Morgan fingerprint density at radius 2 is 2.54 bits per heavy atom. The third kappa shape index (κ3) is 1.78. The summed E-state index contributed by atoms with van der Waals surface area (Å²) in [5.74, 6) is 1.14. The molecule has 1 aliphatic rings. The van der Waals surface area contributed by atoms with E-state index >= 15 is 0 Å². The van der Waals surface area contributed by atoms with Crippen molar-refractivity contribution in [3.8, 4) is 0 Å². The molecular formula is C11H17NO. The van der Waals surface area contributed by atoms with Gasteiger partial charge >= 0.3 is 0 Å². The number of rotatable bonds is 3. The zero-order valence-corrected chi connectivity index (χ0v) is 8.20. The van der Waals surface area contributed by atoms with Crippen LogP contribution in [0.15, 0.2) is 22.8 Å². The van der Waals surface area contributed by atoms with Gasteiger partial charge in [0.2, 0.25) is 0 Å². The molecule has 0 radical (unpaired) electrons. The number of furan rings is 1. The monoisotopic (exact) mass is 179 g/mol. The smallest absolute Gasteiger partial charge is 0.120 e. The average Bonchev–Trinajstić information content (AvgIpc) is 2.71. The molecule has 1 atom stereocenters. The summed E-state index contributed by atoms with van der Waals surface area (Å²) in [6, 6.07) is 4.63. The van der Waals surface area contributed by atoms with Gasteiger partial charge in [-0.1, -0.05) is 6.92 Å². The minimum atomic E-state index is 0.551. The highest BCUT2D eigenvalue weighted by atomic mass is 16.3. The third-order valence-corrected chi connectivity index (χ3v) is 2.75. The maximum absolute atomic E-state index is 5.45. The molecule has 2 rings (SSSR count). The van der Waals surface area contributed by atoms with E-state index in [2.05, 4.69) is 17.9 Å². The van der Waals surface area contributed by atoms with Gasteiger partial charge in [-0.3, -0.25) is 4.90 Å². The Kier molecular flexibility index (Phi) is 2.69. The Balaban J connectivity index is 2.05. The van der Waals surface area contributed by atoms with E-state index in [-0.39, 0.29) is 0 Å². The Bertz CT molecular complexity index is 243. The van der Waals surface area contributed by atoms with Crippen LogP contribution in [0.4, 0.5) is 0 Å². The van der Waals surface area contributed by atoms with Crippen LogP contribution in [0.1, 0.15) is 38.0 Å². The molecule has 2 nitrogen and oxygen atoms in total. The van der Waals surface area contributed by atoms with Gasteiger partial charge in [0.25, 0.3) is 0 Å². The molecule has 0 aliphatic carbocycles. The summed E-state index contributed by atoms with van der Waals surface area (Å²) in [7, 11) is 0. The van der Waals surface area contributed by atoms with Crippen molar-refractivity contribution in [3.05, 3.63) is 24.2 Å². The number of likely N-dealkylation sites (tertiary alicyclic amines) is 1. The molecule has 1 aromatic heterocycles. The van der Waals surface area contributed by atoms with Crippen LogP contribution in [0, 0.1) is 0 Å². The molecule has 72 valence electrons. The first-order valence-electron chi connectivity index (χ1n) is 5.19. The van der Waals surface area contributed by atoms with Crippen LogP contribution >= 0.6 is 0 Å². The van der Waals surface area contributed by atoms with Gasteiger partial charge in [-0.2, -0.15) is 0 Å². The van der Waals surface area contributed by atoms with Gasteiger partial charge in [-0.15, -0.1) is 0 Å². The molecule has 2 heterocycles. The van der Waals surface area contributed by atoms with Crippen molar-refractivity contribution in [2.45, 2.75) is 32.2 Å². The summed E-state index contributed by atoms with van der Waals surface area (Å²) in [6.07, 6.45) is 5.58. The third-order valence-electron chi connectivity index (χ3n) is 2.75. The van der Waals surface area contributed by atoms with Crippen LogP contribution in [0.3, 0.4) is 0 Å². The summed E-state index contributed by atoms with van der Waals surface area (Å²) in [6.45, 7) is 4.67. The van der Waals surface area contributed by atoms with Gasteiger partial charge in [0, 0.05) is 0 Å². The molecule has 1 fully saturated rings. The van der Waals surface area contributed by atoms with E-state index in [4.69, 9.17) is 4.42 Å². The average molecular weight is 179 g/mol. The van der Waals surface area contributed by atoms with E-state index in [0.717, 1.165) is 5.76 Å².